The van der Waals surface area contributed by atoms with Crippen molar-refractivity contribution in [3.8, 4) is 0 Å². The average molecular weight is 367 g/mol. The smallest absolute Gasteiger partial charge is 0.291 e. The molecule has 6 heteroatoms. The van der Waals surface area contributed by atoms with Crippen LogP contribution in [0, 0.1) is 12.7 Å². The molecule has 5 nitrogen and oxygen atoms in total. The van der Waals surface area contributed by atoms with Crippen LogP contribution in [0.15, 0.2) is 46.9 Å². The van der Waals surface area contributed by atoms with Gasteiger partial charge in [0.2, 0.25) is 0 Å². The molecular formula is C21H22FN3O2. The second-order valence-corrected chi connectivity index (χ2v) is 6.93. The normalized spacial score (nSPS) is 15.3. The van der Waals surface area contributed by atoms with Gasteiger partial charge < -0.3 is 19.5 Å². The number of para-hydroxylation sites is 3. The number of aryl methyl sites for hydroxylation is 1. The lowest BCUT2D eigenvalue weighted by molar-refractivity contribution is 0.0997. The van der Waals surface area contributed by atoms with Crippen LogP contribution in [-0.2, 0) is 0 Å². The van der Waals surface area contributed by atoms with Gasteiger partial charge in [-0.2, -0.15) is 0 Å². The first-order valence-corrected chi connectivity index (χ1v) is 9.06. The molecule has 0 unspecified atom stereocenters. The standard InChI is InChI=1S/C21H22FN3O2/c1-14-15-6-5-7-16(22)20(15)27-19(14)21(26)23-17-8-3-4-9-18(17)25-12-10-24(2)11-13-25/h3-9H,10-13H2,1-2H3,(H,23,26). The maximum atomic E-state index is 14.0. The van der Waals surface area contributed by atoms with Crippen LogP contribution >= 0.6 is 0 Å². The molecule has 1 aliphatic rings. The largest absolute Gasteiger partial charge is 0.448 e. The molecule has 2 aromatic carbocycles. The number of halogens is 1. The van der Waals surface area contributed by atoms with Crippen molar-refractivity contribution in [2.75, 3.05) is 43.4 Å². The predicted molar refractivity (Wildman–Crippen MR) is 105 cm³/mol. The summed E-state index contributed by atoms with van der Waals surface area (Å²) in [6, 6.07) is 12.4. The third-order valence-corrected chi connectivity index (χ3v) is 5.12. The summed E-state index contributed by atoms with van der Waals surface area (Å²) in [5.41, 5.74) is 2.47. The van der Waals surface area contributed by atoms with E-state index in [0.717, 1.165) is 37.6 Å². The first-order valence-electron chi connectivity index (χ1n) is 9.06. The number of amides is 1. The monoisotopic (exact) mass is 367 g/mol. The number of carbonyl (C=O) groups is 1. The van der Waals surface area contributed by atoms with Crippen molar-refractivity contribution in [3.63, 3.8) is 0 Å². The molecule has 140 valence electrons. The molecule has 0 aliphatic carbocycles. The van der Waals surface area contributed by atoms with Crippen molar-refractivity contribution in [1.29, 1.82) is 0 Å². The van der Waals surface area contributed by atoms with Crippen LogP contribution in [0.2, 0.25) is 0 Å². The minimum Gasteiger partial charge on any atom is -0.448 e. The van der Waals surface area contributed by atoms with Gasteiger partial charge in [-0.15, -0.1) is 0 Å². The van der Waals surface area contributed by atoms with Crippen LogP contribution in [0.5, 0.6) is 0 Å². The highest BCUT2D eigenvalue weighted by molar-refractivity contribution is 6.07. The number of anilines is 2. The molecule has 1 saturated heterocycles. The first kappa shape index (κ1) is 17.5. The summed E-state index contributed by atoms with van der Waals surface area (Å²) >= 11 is 0. The number of carbonyl (C=O) groups excluding carboxylic acids is 1. The zero-order chi connectivity index (χ0) is 19.0. The molecule has 1 N–H and O–H groups in total. The van der Waals surface area contributed by atoms with Gasteiger partial charge in [0.15, 0.2) is 17.2 Å². The number of rotatable bonds is 3. The molecule has 0 bridgehead atoms. The Morgan fingerprint density at radius 2 is 1.81 bits per heavy atom. The number of hydrogen-bond acceptors (Lipinski definition) is 4. The zero-order valence-corrected chi connectivity index (χ0v) is 15.5. The number of nitrogens with one attached hydrogen (secondary N) is 1. The van der Waals surface area contributed by atoms with Crippen LogP contribution in [-0.4, -0.2) is 44.0 Å². The van der Waals surface area contributed by atoms with E-state index in [0.29, 0.717) is 10.9 Å². The Hall–Kier alpha value is -2.86. The maximum Gasteiger partial charge on any atom is 0.291 e. The lowest BCUT2D eigenvalue weighted by atomic mass is 10.1. The van der Waals surface area contributed by atoms with E-state index in [4.69, 9.17) is 4.42 Å². The third kappa shape index (κ3) is 3.28. The summed E-state index contributed by atoms with van der Waals surface area (Å²) < 4.78 is 19.5. The van der Waals surface area contributed by atoms with Gasteiger partial charge >= 0.3 is 0 Å². The molecule has 4 rings (SSSR count). The second kappa shape index (κ2) is 7.04. The van der Waals surface area contributed by atoms with Crippen molar-refractivity contribution in [1.82, 2.24) is 4.90 Å². The van der Waals surface area contributed by atoms with Crippen molar-refractivity contribution in [3.05, 3.63) is 59.6 Å². The van der Waals surface area contributed by atoms with E-state index in [9.17, 15) is 9.18 Å². The van der Waals surface area contributed by atoms with Gasteiger partial charge in [-0.1, -0.05) is 24.3 Å². The third-order valence-electron chi connectivity index (χ3n) is 5.12. The quantitative estimate of drug-likeness (QED) is 0.763. The van der Waals surface area contributed by atoms with Crippen LogP contribution < -0.4 is 10.2 Å². The molecule has 1 aromatic heterocycles. The minimum atomic E-state index is -0.465. The Kier molecular flexibility index (Phi) is 4.58. The van der Waals surface area contributed by atoms with E-state index >= 15 is 0 Å². The number of furan rings is 1. The minimum absolute atomic E-state index is 0.118. The van der Waals surface area contributed by atoms with Gasteiger partial charge in [0.05, 0.1) is 11.4 Å². The van der Waals surface area contributed by atoms with Crippen molar-refractivity contribution in [2.24, 2.45) is 0 Å². The summed E-state index contributed by atoms with van der Waals surface area (Å²) in [6.07, 6.45) is 0. The van der Waals surface area contributed by atoms with E-state index in [2.05, 4.69) is 22.2 Å². The SMILES string of the molecule is Cc1c(C(=O)Nc2ccccc2N2CCN(C)CC2)oc2c(F)cccc12. The van der Waals surface area contributed by atoms with Gasteiger partial charge in [0, 0.05) is 37.1 Å². The molecule has 27 heavy (non-hydrogen) atoms. The first-order chi connectivity index (χ1) is 13.0. The number of benzene rings is 2. The molecule has 1 amide bonds. The van der Waals surface area contributed by atoms with E-state index in [1.165, 1.54) is 6.07 Å². The van der Waals surface area contributed by atoms with Crippen LogP contribution in [0.25, 0.3) is 11.0 Å². The van der Waals surface area contributed by atoms with E-state index < -0.39 is 5.82 Å². The summed E-state index contributed by atoms with van der Waals surface area (Å²) in [5.74, 6) is -0.694. The molecule has 0 saturated carbocycles. The summed E-state index contributed by atoms with van der Waals surface area (Å²) in [7, 11) is 2.11. The highest BCUT2D eigenvalue weighted by atomic mass is 19.1. The Labute approximate surface area is 157 Å². The second-order valence-electron chi connectivity index (χ2n) is 6.93. The molecule has 0 atom stereocenters. The lowest BCUT2D eigenvalue weighted by Gasteiger charge is -2.35. The Morgan fingerprint density at radius 1 is 1.07 bits per heavy atom. The fourth-order valence-electron chi connectivity index (χ4n) is 3.51. The van der Waals surface area contributed by atoms with E-state index in [-0.39, 0.29) is 17.3 Å². The zero-order valence-electron chi connectivity index (χ0n) is 15.5. The van der Waals surface area contributed by atoms with Gasteiger partial charge in [-0.25, -0.2) is 4.39 Å². The highest BCUT2D eigenvalue weighted by Crippen LogP contribution is 2.30. The number of hydrogen-bond donors (Lipinski definition) is 1. The number of nitrogens with zero attached hydrogens (tertiary/aromatic N) is 2. The van der Waals surface area contributed by atoms with Gasteiger partial charge in [0.1, 0.15) is 0 Å². The van der Waals surface area contributed by atoms with Crippen LogP contribution in [0.3, 0.4) is 0 Å². The molecule has 0 spiro atoms. The molecule has 1 fully saturated rings. The summed E-state index contributed by atoms with van der Waals surface area (Å²) in [6.45, 7) is 5.53. The Bertz CT molecular complexity index is 990. The molecule has 0 radical (unpaired) electrons. The highest BCUT2D eigenvalue weighted by Gasteiger charge is 2.22. The molecular weight excluding hydrogens is 345 g/mol. The average Bonchev–Trinajstić information content (AvgIpc) is 3.01. The van der Waals surface area contributed by atoms with E-state index in [1.54, 1.807) is 19.1 Å². The van der Waals surface area contributed by atoms with Crippen molar-refractivity contribution >= 4 is 28.3 Å². The topological polar surface area (TPSA) is 48.7 Å². The van der Waals surface area contributed by atoms with Gasteiger partial charge in [0.25, 0.3) is 5.91 Å². The van der Waals surface area contributed by atoms with E-state index in [1.807, 2.05) is 24.3 Å². The fourth-order valence-corrected chi connectivity index (χ4v) is 3.51. The fraction of sp³-hybridized carbons (Fsp3) is 0.286. The van der Waals surface area contributed by atoms with Crippen LogP contribution in [0.1, 0.15) is 16.1 Å². The molecule has 3 aromatic rings. The molecule has 2 heterocycles. The van der Waals surface area contributed by atoms with Gasteiger partial charge in [-0.3, -0.25) is 4.79 Å². The van der Waals surface area contributed by atoms with Crippen LogP contribution in [0.4, 0.5) is 15.8 Å². The van der Waals surface area contributed by atoms with Crippen molar-refractivity contribution in [2.45, 2.75) is 6.92 Å². The number of likely N-dealkylation sites (N-methyl/N-ethyl adjacent to an activating group) is 1. The Morgan fingerprint density at radius 3 is 2.56 bits per heavy atom. The summed E-state index contributed by atoms with van der Waals surface area (Å²) in [4.78, 5) is 17.4. The molecule has 1 aliphatic heterocycles. The maximum absolute atomic E-state index is 14.0. The summed E-state index contributed by atoms with van der Waals surface area (Å²) in [5, 5.41) is 3.56. The van der Waals surface area contributed by atoms with Gasteiger partial charge in [-0.05, 0) is 32.2 Å². The lowest BCUT2D eigenvalue weighted by Crippen LogP contribution is -2.44. The predicted octanol–water partition coefficient (Wildman–Crippen LogP) is 3.88. The van der Waals surface area contributed by atoms with Crippen molar-refractivity contribution < 1.29 is 13.6 Å². The Balaban J connectivity index is 1.63. The number of piperazine rings is 1. The number of fused-ring (bicyclic) bond motifs is 1.